The number of hydrogen-bond acceptors (Lipinski definition) is 3. The molecule has 4 heteroatoms. The summed E-state index contributed by atoms with van der Waals surface area (Å²) in [4.78, 5) is 2.35. The number of hydrogen-bond donors (Lipinski definition) is 2. The third kappa shape index (κ3) is 4.55. The average Bonchev–Trinajstić information content (AvgIpc) is 2.51. The highest BCUT2D eigenvalue weighted by Gasteiger charge is 2.24. The van der Waals surface area contributed by atoms with Crippen LogP contribution in [0.3, 0.4) is 0 Å². The minimum atomic E-state index is -0.283. The Kier molecular flexibility index (Phi) is 6.21. The van der Waals surface area contributed by atoms with E-state index in [9.17, 15) is 9.50 Å². The second-order valence-electron chi connectivity index (χ2n) is 5.58. The molecule has 1 saturated heterocycles. The van der Waals surface area contributed by atoms with Crippen LogP contribution in [0.5, 0.6) is 5.75 Å². The van der Waals surface area contributed by atoms with Crippen molar-refractivity contribution in [2.24, 2.45) is 0 Å². The fourth-order valence-electron chi connectivity index (χ4n) is 2.95. The van der Waals surface area contributed by atoms with Gasteiger partial charge >= 0.3 is 0 Å². The van der Waals surface area contributed by atoms with Crippen LogP contribution in [0.1, 0.15) is 37.3 Å². The number of halogens is 1. The molecule has 1 aliphatic heterocycles. The Morgan fingerprint density at radius 3 is 2.81 bits per heavy atom. The number of allylic oxidation sites excluding steroid dienone is 1. The normalized spacial score (nSPS) is 17.6. The van der Waals surface area contributed by atoms with E-state index in [1.807, 2.05) is 6.08 Å². The van der Waals surface area contributed by atoms with Gasteiger partial charge in [0, 0.05) is 37.8 Å². The number of benzene rings is 1. The maximum absolute atomic E-state index is 13.6. The van der Waals surface area contributed by atoms with Crippen LogP contribution in [0.25, 0.3) is 0 Å². The molecule has 0 aromatic heterocycles. The molecule has 0 bridgehead atoms. The minimum absolute atomic E-state index is 0.0904. The number of unbranched alkanes of at least 4 members (excludes halogenated alkanes) is 2. The zero-order chi connectivity index (χ0) is 15.1. The van der Waals surface area contributed by atoms with E-state index in [1.54, 1.807) is 0 Å². The van der Waals surface area contributed by atoms with Crippen molar-refractivity contribution in [2.45, 2.75) is 31.7 Å². The first kappa shape index (κ1) is 16.0. The maximum Gasteiger partial charge on any atom is 0.123 e. The highest BCUT2D eigenvalue weighted by atomic mass is 19.1. The first-order chi connectivity index (χ1) is 10.2. The second kappa shape index (κ2) is 8.15. The average molecular weight is 292 g/mol. The summed E-state index contributed by atoms with van der Waals surface area (Å²) < 4.78 is 13.6. The Labute approximate surface area is 126 Å². The largest absolute Gasteiger partial charge is 0.508 e. The van der Waals surface area contributed by atoms with Gasteiger partial charge in [0.15, 0.2) is 0 Å². The Morgan fingerprint density at radius 1 is 1.33 bits per heavy atom. The van der Waals surface area contributed by atoms with Gasteiger partial charge in [0.25, 0.3) is 0 Å². The fourth-order valence-corrected chi connectivity index (χ4v) is 2.95. The van der Waals surface area contributed by atoms with Gasteiger partial charge in [-0.05, 0) is 37.5 Å². The number of piperazine rings is 1. The molecule has 0 aliphatic carbocycles. The highest BCUT2D eigenvalue weighted by Crippen LogP contribution is 2.33. The molecule has 0 spiro atoms. The van der Waals surface area contributed by atoms with E-state index in [0.29, 0.717) is 0 Å². The van der Waals surface area contributed by atoms with E-state index in [4.69, 9.17) is 0 Å². The molecule has 1 aromatic carbocycles. The fraction of sp³-hybridized carbons (Fsp3) is 0.529. The second-order valence-corrected chi connectivity index (χ2v) is 5.58. The zero-order valence-electron chi connectivity index (χ0n) is 12.5. The number of nitrogens with one attached hydrogen (secondary N) is 1. The molecule has 0 saturated carbocycles. The number of aromatic hydroxyl groups is 1. The van der Waals surface area contributed by atoms with Crippen molar-refractivity contribution in [3.8, 4) is 5.75 Å². The van der Waals surface area contributed by atoms with Crippen molar-refractivity contribution in [3.05, 3.63) is 42.2 Å². The lowest BCUT2D eigenvalue weighted by molar-refractivity contribution is 0.160. The van der Waals surface area contributed by atoms with Crippen LogP contribution in [-0.2, 0) is 0 Å². The molecule has 2 rings (SSSR count). The third-order valence-electron chi connectivity index (χ3n) is 4.08. The molecule has 0 unspecified atom stereocenters. The maximum atomic E-state index is 13.6. The topological polar surface area (TPSA) is 35.5 Å². The molecule has 116 valence electrons. The standard InChI is InChI=1S/C17H25FN2O/c1-2-3-4-5-6-16(20-11-9-19-10-12-20)15-13-14(18)7-8-17(15)21/h2,7-8,13,16,19,21H,1,3-6,9-12H2/t16-/m0/s1. The predicted octanol–water partition coefficient (Wildman–Crippen LogP) is 3.22. The molecule has 3 nitrogen and oxygen atoms in total. The van der Waals surface area contributed by atoms with Crippen molar-refractivity contribution < 1.29 is 9.50 Å². The molecule has 1 heterocycles. The summed E-state index contributed by atoms with van der Waals surface area (Å²) in [6.07, 6.45) is 6.01. The molecule has 1 fully saturated rings. The smallest absolute Gasteiger partial charge is 0.123 e. The van der Waals surface area contributed by atoms with Crippen LogP contribution in [0.15, 0.2) is 30.9 Å². The van der Waals surface area contributed by atoms with Gasteiger partial charge in [-0.1, -0.05) is 12.5 Å². The summed E-state index contributed by atoms with van der Waals surface area (Å²) in [6, 6.07) is 4.34. The van der Waals surface area contributed by atoms with E-state index < -0.39 is 0 Å². The van der Waals surface area contributed by atoms with Gasteiger partial charge in [0.05, 0.1) is 0 Å². The van der Waals surface area contributed by atoms with Crippen LogP contribution in [0.2, 0.25) is 0 Å². The Hall–Kier alpha value is -1.39. The van der Waals surface area contributed by atoms with Gasteiger partial charge in [-0.3, -0.25) is 4.90 Å². The lowest BCUT2D eigenvalue weighted by Gasteiger charge is -2.35. The SMILES string of the molecule is C=CCCCC[C@@H](c1cc(F)ccc1O)N1CCNCC1. The summed E-state index contributed by atoms with van der Waals surface area (Å²) in [5.74, 6) is -0.0855. The quantitative estimate of drug-likeness (QED) is 0.598. The molecule has 1 aliphatic rings. The third-order valence-corrected chi connectivity index (χ3v) is 4.08. The first-order valence-corrected chi connectivity index (χ1v) is 7.76. The summed E-state index contributed by atoms with van der Waals surface area (Å²) in [6.45, 7) is 7.50. The molecular weight excluding hydrogens is 267 g/mol. The van der Waals surface area contributed by atoms with Crippen molar-refractivity contribution >= 4 is 0 Å². The molecule has 0 amide bonds. The molecule has 21 heavy (non-hydrogen) atoms. The van der Waals surface area contributed by atoms with Crippen LogP contribution < -0.4 is 5.32 Å². The van der Waals surface area contributed by atoms with Crippen LogP contribution in [0.4, 0.5) is 4.39 Å². The van der Waals surface area contributed by atoms with Gasteiger partial charge in [0.2, 0.25) is 0 Å². The highest BCUT2D eigenvalue weighted by molar-refractivity contribution is 5.35. The summed E-state index contributed by atoms with van der Waals surface area (Å²) in [5.41, 5.74) is 0.718. The Morgan fingerprint density at radius 2 is 2.10 bits per heavy atom. The van der Waals surface area contributed by atoms with Gasteiger partial charge in [-0.2, -0.15) is 0 Å². The number of nitrogens with zero attached hydrogens (tertiary/aromatic N) is 1. The minimum Gasteiger partial charge on any atom is -0.508 e. The van der Waals surface area contributed by atoms with Crippen molar-refractivity contribution in [2.75, 3.05) is 26.2 Å². The van der Waals surface area contributed by atoms with E-state index >= 15 is 0 Å². The van der Waals surface area contributed by atoms with Gasteiger partial charge in [0.1, 0.15) is 11.6 Å². The van der Waals surface area contributed by atoms with E-state index in [0.717, 1.165) is 57.4 Å². The van der Waals surface area contributed by atoms with Crippen LogP contribution in [-0.4, -0.2) is 36.2 Å². The summed E-state index contributed by atoms with van der Waals surface area (Å²) >= 11 is 0. The van der Waals surface area contributed by atoms with E-state index in [1.165, 1.54) is 18.2 Å². The molecule has 2 N–H and O–H groups in total. The lowest BCUT2D eigenvalue weighted by atomic mass is 9.97. The summed E-state index contributed by atoms with van der Waals surface area (Å²) in [5, 5.41) is 13.4. The molecular formula is C17H25FN2O. The monoisotopic (exact) mass is 292 g/mol. The van der Waals surface area contributed by atoms with Crippen molar-refractivity contribution in [1.82, 2.24) is 10.2 Å². The first-order valence-electron chi connectivity index (χ1n) is 7.76. The summed E-state index contributed by atoms with van der Waals surface area (Å²) in [7, 11) is 0. The zero-order valence-corrected chi connectivity index (χ0v) is 12.5. The molecule has 1 atom stereocenters. The van der Waals surface area contributed by atoms with Crippen LogP contribution >= 0.6 is 0 Å². The van der Waals surface area contributed by atoms with Gasteiger partial charge in [-0.25, -0.2) is 4.39 Å². The number of phenolic OH excluding ortho intramolecular Hbond substituents is 1. The van der Waals surface area contributed by atoms with Crippen LogP contribution in [0, 0.1) is 5.82 Å². The number of rotatable bonds is 7. The van der Waals surface area contributed by atoms with E-state index in [-0.39, 0.29) is 17.6 Å². The Bertz CT molecular complexity index is 458. The number of phenols is 1. The lowest BCUT2D eigenvalue weighted by Crippen LogP contribution is -2.45. The van der Waals surface area contributed by atoms with Crippen molar-refractivity contribution in [3.63, 3.8) is 0 Å². The predicted molar refractivity (Wildman–Crippen MR) is 83.9 cm³/mol. The van der Waals surface area contributed by atoms with Gasteiger partial charge in [-0.15, -0.1) is 6.58 Å². The molecule has 0 radical (unpaired) electrons. The van der Waals surface area contributed by atoms with Gasteiger partial charge < -0.3 is 10.4 Å². The molecule has 1 aromatic rings. The Balaban J connectivity index is 2.13. The van der Waals surface area contributed by atoms with Crippen molar-refractivity contribution in [1.29, 1.82) is 0 Å². The van der Waals surface area contributed by atoms with E-state index in [2.05, 4.69) is 16.8 Å².